The molecule has 26 nitrogen and oxygen atoms in total. The maximum Gasteiger partial charge on any atom is 0.410 e. The Morgan fingerprint density at radius 3 is 1.86 bits per heavy atom. The molecule has 0 radical (unpaired) electrons. The van der Waals surface area contributed by atoms with E-state index in [1.807, 2.05) is 0 Å². The molecule has 4 rings (SSSR count). The van der Waals surface area contributed by atoms with E-state index in [1.54, 1.807) is 110 Å². The van der Waals surface area contributed by atoms with Gasteiger partial charge >= 0.3 is 30.5 Å². The molecule has 6 amide bonds. The highest BCUT2D eigenvalue weighted by atomic mass is 16.7. The summed E-state index contributed by atoms with van der Waals surface area (Å²) in [4.78, 5) is 83.0. The summed E-state index contributed by atoms with van der Waals surface area (Å²) in [7, 11) is 1.31. The Bertz CT molecular complexity index is 2150. The lowest BCUT2D eigenvalue weighted by Gasteiger charge is -2.52. The van der Waals surface area contributed by atoms with E-state index in [0.717, 1.165) is 4.90 Å². The molecule has 0 aromatic heterocycles. The third kappa shape index (κ3) is 20.5. The summed E-state index contributed by atoms with van der Waals surface area (Å²) < 4.78 is 46.9. The van der Waals surface area contributed by atoms with Gasteiger partial charge in [-0.1, -0.05) is 0 Å². The number of carbonyl (C=O) groups excluding carboxylic acids is 6. The average molecular weight is 1130 g/mol. The molecule has 0 aromatic rings. The Balaban J connectivity index is 1.79. The number of amides is 6. The summed E-state index contributed by atoms with van der Waals surface area (Å²) in [6.45, 7) is 25.5. The zero-order chi connectivity index (χ0) is 60.0. The number of ether oxygens (including phenoxy) is 8. The molecule has 26 heteroatoms. The minimum atomic E-state index is -2.21. The first-order chi connectivity index (χ1) is 36.0. The van der Waals surface area contributed by atoms with E-state index < -0.39 is 156 Å². The molecule has 2 saturated heterocycles. The smallest absolute Gasteiger partial charge is 0.410 e. The van der Waals surface area contributed by atoms with Gasteiger partial charge in [-0.05, 0) is 136 Å². The average Bonchev–Trinajstić information content (AvgIpc) is 3.66. The van der Waals surface area contributed by atoms with E-state index in [1.165, 1.54) is 18.9 Å². The highest BCUT2D eigenvalue weighted by Crippen LogP contribution is 2.39. The standard InChI is InChI=1S/C53H93N7O19/c1-47(2,3)75-42(65)55-22-20-29(61)25-54-26-30-18-19-31(57-43(66)76-48(4,5)6)37(73-30)34-32(58-44(67)77-49(7,8)9)24-33(56-41(64)53(71)21-23-60(27-53)46(69)79-51(13,14)15)38(35(34)62)74-40-36(63)39(52(16,70)28-72-40)59(17)45(68)78-50(10,11)12/h18,29,31-40,54,61-63,70-71H,19-28H2,1-17H3,(H,55,65)(H,56,64)(H,57,66)(H,58,67)/t29?,31-,32+,33-,34-,35+,36-,37?,38+,39-,40-,52+,53?/m1/s1. The predicted molar refractivity (Wildman–Crippen MR) is 284 cm³/mol. The number of aliphatic hydroxyl groups excluding tert-OH is 3. The molecule has 4 aliphatic rings. The minimum absolute atomic E-state index is 0.00524. The molecule has 3 fully saturated rings. The normalized spacial score (nSPS) is 30.1. The van der Waals surface area contributed by atoms with Crippen molar-refractivity contribution in [3.05, 3.63) is 11.8 Å². The quantitative estimate of drug-likeness (QED) is 0.105. The number of hydrogen-bond acceptors (Lipinski definition) is 20. The summed E-state index contributed by atoms with van der Waals surface area (Å²) in [5.74, 6) is -2.02. The van der Waals surface area contributed by atoms with E-state index in [0.29, 0.717) is 5.76 Å². The monoisotopic (exact) mass is 1130 g/mol. The van der Waals surface area contributed by atoms with Crippen LogP contribution in [0.2, 0.25) is 0 Å². The minimum Gasteiger partial charge on any atom is -0.491 e. The van der Waals surface area contributed by atoms with Crippen molar-refractivity contribution in [2.75, 3.05) is 46.4 Å². The van der Waals surface area contributed by atoms with E-state index in [9.17, 15) is 54.3 Å². The van der Waals surface area contributed by atoms with Crippen LogP contribution in [0.15, 0.2) is 11.8 Å². The van der Waals surface area contributed by atoms with Crippen molar-refractivity contribution >= 4 is 36.4 Å². The Morgan fingerprint density at radius 2 is 1.30 bits per heavy atom. The van der Waals surface area contributed by atoms with Crippen LogP contribution in [0.3, 0.4) is 0 Å². The molecular weight excluding hydrogens is 1040 g/mol. The number of nitrogens with zero attached hydrogens (tertiary/aromatic N) is 2. The summed E-state index contributed by atoms with van der Waals surface area (Å²) in [6, 6.07) is -5.07. The van der Waals surface area contributed by atoms with Crippen LogP contribution in [-0.2, 0) is 42.7 Å². The number of likely N-dealkylation sites (tertiary alicyclic amines) is 1. The van der Waals surface area contributed by atoms with Gasteiger partial charge in [0, 0.05) is 45.1 Å². The topological polar surface area (TPSA) is 344 Å². The number of rotatable bonds is 15. The third-order valence-electron chi connectivity index (χ3n) is 12.8. The highest BCUT2D eigenvalue weighted by molar-refractivity contribution is 5.87. The Morgan fingerprint density at radius 1 is 0.759 bits per heavy atom. The molecule has 0 aromatic carbocycles. The molecule has 454 valence electrons. The fourth-order valence-electron chi connectivity index (χ4n) is 9.58. The van der Waals surface area contributed by atoms with E-state index in [4.69, 9.17) is 37.9 Å². The largest absolute Gasteiger partial charge is 0.491 e. The van der Waals surface area contributed by atoms with Gasteiger partial charge in [0.1, 0.15) is 57.7 Å². The molecule has 3 unspecified atom stereocenters. The van der Waals surface area contributed by atoms with Crippen molar-refractivity contribution in [3.63, 3.8) is 0 Å². The van der Waals surface area contributed by atoms with Gasteiger partial charge in [0.05, 0.1) is 50.0 Å². The second-order valence-electron chi connectivity index (χ2n) is 26.2. The van der Waals surface area contributed by atoms with Crippen LogP contribution < -0.4 is 26.6 Å². The SMILES string of the molecule is CN(C(=O)OC(C)(C)C)[C@@H]1[C@@H](O)[C@@H](O[C@@H]2[C@@H](O)[C@H](C3OC(CNCC(O)CCNC(=O)OC(C)(C)C)=CC[C@H]3NC(=O)OC(C)(C)C)[C@@H](NC(=O)OC(C)(C)C)C[C@H]2NC(=O)C2(O)CCN(C(=O)OC(C)(C)C)C2)OC[C@]1(C)O. The lowest BCUT2D eigenvalue weighted by molar-refractivity contribution is -0.306. The van der Waals surface area contributed by atoms with Crippen molar-refractivity contribution in [1.29, 1.82) is 0 Å². The van der Waals surface area contributed by atoms with E-state index >= 15 is 0 Å². The molecule has 13 atom stereocenters. The van der Waals surface area contributed by atoms with Crippen LogP contribution in [0, 0.1) is 5.92 Å². The van der Waals surface area contributed by atoms with Gasteiger partial charge in [-0.15, -0.1) is 0 Å². The fraction of sp³-hybridized carbons (Fsp3) is 0.849. The Labute approximate surface area is 464 Å². The van der Waals surface area contributed by atoms with Gasteiger partial charge in [0.25, 0.3) is 5.91 Å². The van der Waals surface area contributed by atoms with Crippen LogP contribution in [0.5, 0.6) is 0 Å². The number of β-amino-alcohol motifs (C(OH)–C–C–N with tert-alkyl or cyclic N) is 1. The number of likely N-dealkylation sites (N-methyl/N-ethyl adjacent to an activating group) is 1. The van der Waals surface area contributed by atoms with E-state index in [2.05, 4.69) is 26.6 Å². The second kappa shape index (κ2) is 25.9. The third-order valence-corrected chi connectivity index (χ3v) is 12.8. The molecular formula is C53H93N7O19. The number of hydrogen-bond donors (Lipinski definition) is 10. The zero-order valence-electron chi connectivity index (χ0n) is 49.3. The van der Waals surface area contributed by atoms with Crippen molar-refractivity contribution in [2.45, 2.75) is 237 Å². The Hall–Kier alpha value is -4.96. The van der Waals surface area contributed by atoms with Gasteiger partial charge < -0.3 is 99.8 Å². The van der Waals surface area contributed by atoms with Crippen LogP contribution in [0.1, 0.15) is 136 Å². The number of carbonyl (C=O) groups is 6. The molecule has 0 bridgehead atoms. The second-order valence-corrected chi connectivity index (χ2v) is 26.2. The van der Waals surface area contributed by atoms with Crippen molar-refractivity contribution in [1.82, 2.24) is 36.4 Å². The van der Waals surface area contributed by atoms with Crippen molar-refractivity contribution in [2.24, 2.45) is 5.92 Å². The first-order valence-electron chi connectivity index (χ1n) is 27.0. The Kier molecular flexibility index (Phi) is 21.8. The molecule has 10 N–H and O–H groups in total. The number of alkyl carbamates (subject to hydrolysis) is 3. The van der Waals surface area contributed by atoms with Crippen molar-refractivity contribution in [3.8, 4) is 0 Å². The van der Waals surface area contributed by atoms with Crippen LogP contribution in [0.25, 0.3) is 0 Å². The van der Waals surface area contributed by atoms with Crippen LogP contribution in [0.4, 0.5) is 24.0 Å². The van der Waals surface area contributed by atoms with Crippen LogP contribution >= 0.6 is 0 Å². The van der Waals surface area contributed by atoms with Gasteiger partial charge in [0.2, 0.25) is 0 Å². The number of nitrogens with one attached hydrogen (secondary N) is 5. The first-order valence-corrected chi connectivity index (χ1v) is 27.0. The van der Waals surface area contributed by atoms with Gasteiger partial charge in [0.15, 0.2) is 11.9 Å². The van der Waals surface area contributed by atoms with Crippen LogP contribution in [-0.4, -0.2) is 218 Å². The molecule has 3 heterocycles. The lowest BCUT2D eigenvalue weighted by Crippen LogP contribution is -2.71. The maximum absolute atomic E-state index is 14.5. The summed E-state index contributed by atoms with van der Waals surface area (Å²) >= 11 is 0. The zero-order valence-corrected chi connectivity index (χ0v) is 49.3. The van der Waals surface area contributed by atoms with Gasteiger partial charge in [-0.25, -0.2) is 24.0 Å². The molecule has 0 spiro atoms. The summed E-state index contributed by atoms with van der Waals surface area (Å²) in [5.41, 5.74) is -8.67. The first kappa shape index (κ1) is 66.6. The summed E-state index contributed by atoms with van der Waals surface area (Å²) in [6.07, 6.45) is -12.1. The summed E-state index contributed by atoms with van der Waals surface area (Å²) in [5, 5.41) is 73.8. The van der Waals surface area contributed by atoms with Gasteiger partial charge in [-0.2, -0.15) is 0 Å². The molecule has 79 heavy (non-hydrogen) atoms. The fourth-order valence-corrected chi connectivity index (χ4v) is 9.58. The van der Waals surface area contributed by atoms with Gasteiger partial charge in [-0.3, -0.25) is 4.79 Å². The number of aliphatic hydroxyl groups is 5. The molecule has 3 aliphatic heterocycles. The molecule has 1 aliphatic carbocycles. The van der Waals surface area contributed by atoms with E-state index in [-0.39, 0.29) is 51.9 Å². The maximum atomic E-state index is 14.5. The predicted octanol–water partition coefficient (Wildman–Crippen LogP) is 2.64. The lowest BCUT2D eigenvalue weighted by atomic mass is 9.72. The highest BCUT2D eigenvalue weighted by Gasteiger charge is 2.58. The van der Waals surface area contributed by atoms with Crippen molar-refractivity contribution < 1.29 is 92.2 Å². The molecule has 1 saturated carbocycles.